The second-order valence-electron chi connectivity index (χ2n) is 5.64. The molecule has 0 amide bonds. The van der Waals surface area contributed by atoms with Gasteiger partial charge < -0.3 is 10.2 Å². The van der Waals surface area contributed by atoms with Crippen LogP contribution in [0.3, 0.4) is 0 Å². The van der Waals surface area contributed by atoms with Crippen molar-refractivity contribution in [3.63, 3.8) is 0 Å². The molecule has 1 saturated carbocycles. The Morgan fingerprint density at radius 3 is 1.12 bits per heavy atom. The van der Waals surface area contributed by atoms with Crippen molar-refractivity contribution < 1.29 is 85.2 Å². The Balaban J connectivity index is 0. The maximum atomic E-state index is 12.9. The molecular formula is C12H10BF16O3P. The summed E-state index contributed by atoms with van der Waals surface area (Å²) in [5, 5.41) is 15.0. The van der Waals surface area contributed by atoms with Crippen LogP contribution in [0.5, 0.6) is 0 Å². The van der Waals surface area contributed by atoms with E-state index in [9.17, 15) is 70.2 Å². The van der Waals surface area contributed by atoms with E-state index in [1.165, 1.54) is 0 Å². The molecule has 0 aromatic heterocycles. The Labute approximate surface area is 175 Å². The predicted molar refractivity (Wildman–Crippen MR) is 79.0 cm³/mol. The monoisotopic (exact) mass is 548 g/mol. The summed E-state index contributed by atoms with van der Waals surface area (Å²) in [4.78, 5) is 0. The van der Waals surface area contributed by atoms with E-state index in [4.69, 9.17) is 14.9 Å². The Morgan fingerprint density at radius 2 is 1.03 bits per heavy atom. The Bertz CT molecular complexity index is 701. The molecule has 2 rings (SSSR count). The second kappa shape index (κ2) is 10.2. The average molecular weight is 548 g/mol. The summed E-state index contributed by atoms with van der Waals surface area (Å²) in [5.41, 5.74) is -4.99. The maximum absolute atomic E-state index is 12.9. The summed E-state index contributed by atoms with van der Waals surface area (Å²) in [6.45, 7) is -1.80. The quantitative estimate of drug-likeness (QED) is 0.290. The fourth-order valence-electron chi connectivity index (χ4n) is 2.00. The molecule has 0 aromatic rings. The van der Waals surface area contributed by atoms with E-state index >= 15 is 0 Å². The zero-order valence-corrected chi connectivity index (χ0v) is 16.4. The van der Waals surface area contributed by atoms with Gasteiger partial charge in [-0.3, -0.25) is 0 Å². The van der Waals surface area contributed by atoms with Crippen molar-refractivity contribution in [1.82, 2.24) is 0 Å². The van der Waals surface area contributed by atoms with Gasteiger partial charge in [0.15, 0.2) is 0 Å². The minimum absolute atomic E-state index is 0.667. The number of allylic oxidation sites excluding steroid dienone is 2. The molecule has 1 fully saturated rings. The number of hydrogen-bond acceptors (Lipinski definition) is 3. The molecule has 33 heavy (non-hydrogen) atoms. The molecular weight excluding hydrogens is 538 g/mol. The molecule has 0 heterocycles. The molecule has 0 aliphatic heterocycles. The van der Waals surface area contributed by atoms with Crippen LogP contribution in [0.2, 0.25) is 0 Å². The Morgan fingerprint density at radius 1 is 0.758 bits per heavy atom. The summed E-state index contributed by atoms with van der Waals surface area (Å²) < 4.78 is 204. The largest absolute Gasteiger partial charge is 0.393 e. The van der Waals surface area contributed by atoms with E-state index in [1.807, 2.05) is 9.12 Å². The van der Waals surface area contributed by atoms with Crippen molar-refractivity contribution >= 4 is 16.0 Å². The first-order chi connectivity index (χ1) is 14.4. The van der Waals surface area contributed by atoms with E-state index in [1.54, 1.807) is 0 Å². The van der Waals surface area contributed by atoms with Crippen LogP contribution < -0.4 is 0 Å². The van der Waals surface area contributed by atoms with E-state index in [0.717, 1.165) is 7.11 Å². The van der Waals surface area contributed by atoms with E-state index in [-0.39, 0.29) is 0 Å². The van der Waals surface area contributed by atoms with Crippen LogP contribution in [0.25, 0.3) is 0 Å². The van der Waals surface area contributed by atoms with Gasteiger partial charge in [0, 0.05) is 7.11 Å². The molecule has 3 unspecified atom stereocenters. The van der Waals surface area contributed by atoms with Crippen LogP contribution in [0.1, 0.15) is 0 Å². The van der Waals surface area contributed by atoms with Crippen molar-refractivity contribution in [3.05, 3.63) is 11.7 Å². The standard InChI is InChI=1S/C6H4F8O.C5F8.CH4O.BH2OP/c7-2-3(8,1-15)5(11,12)6(13,14)4(2,9)10;6-1-2(7)4(10,11)5(12,13)3(1,8)9;1-2;2-1-3/h2,15H,1H2;;2H,1H3;3H2. The summed E-state index contributed by atoms with van der Waals surface area (Å²) >= 11 is 0. The molecule has 0 saturated heterocycles. The summed E-state index contributed by atoms with van der Waals surface area (Å²) in [7, 11) is 2.90. The van der Waals surface area contributed by atoms with Gasteiger partial charge in [0.05, 0.1) is 6.61 Å². The minimum Gasteiger partial charge on any atom is -0.393 e. The van der Waals surface area contributed by atoms with Crippen LogP contribution in [0.4, 0.5) is 70.2 Å². The third kappa shape index (κ3) is 4.58. The number of alkyl halides is 14. The fourth-order valence-corrected chi connectivity index (χ4v) is 2.00. The van der Waals surface area contributed by atoms with Gasteiger partial charge in [-0.2, -0.15) is 52.7 Å². The smallest absolute Gasteiger partial charge is 0.378 e. The molecule has 2 aliphatic rings. The third-order valence-corrected chi connectivity index (χ3v) is 3.82. The molecule has 0 spiro atoms. The van der Waals surface area contributed by atoms with Gasteiger partial charge in [-0.15, -0.1) is 0 Å². The molecule has 3 nitrogen and oxygen atoms in total. The van der Waals surface area contributed by atoms with Crippen LogP contribution in [0.15, 0.2) is 11.7 Å². The van der Waals surface area contributed by atoms with Crippen molar-refractivity contribution in [2.24, 2.45) is 0 Å². The van der Waals surface area contributed by atoms with E-state index in [2.05, 4.69) is 0 Å². The number of aliphatic hydroxyl groups is 2. The van der Waals surface area contributed by atoms with Crippen LogP contribution in [0, 0.1) is 0 Å². The molecule has 0 radical (unpaired) electrons. The van der Waals surface area contributed by atoms with Crippen LogP contribution in [-0.2, 0) is 4.70 Å². The average Bonchev–Trinajstić information content (AvgIpc) is 2.83. The van der Waals surface area contributed by atoms with Crippen molar-refractivity contribution in [2.75, 3.05) is 13.7 Å². The van der Waals surface area contributed by atoms with Crippen LogP contribution in [-0.4, -0.2) is 78.2 Å². The van der Waals surface area contributed by atoms with Gasteiger partial charge in [0.25, 0.3) is 0 Å². The zero-order chi connectivity index (χ0) is 27.6. The van der Waals surface area contributed by atoms with E-state index < -0.39 is 65.6 Å². The minimum atomic E-state index is -6.18. The predicted octanol–water partition coefficient (Wildman–Crippen LogP) is 4.44. The molecule has 2 N–H and O–H groups in total. The van der Waals surface area contributed by atoms with Gasteiger partial charge >= 0.3 is 56.2 Å². The topological polar surface area (TPSA) is 57.5 Å². The van der Waals surface area contributed by atoms with Gasteiger partial charge in [0.1, 0.15) is 0 Å². The molecule has 3 atom stereocenters. The Hall–Kier alpha value is -1.17. The number of halogens is 16. The van der Waals surface area contributed by atoms with Crippen molar-refractivity contribution in [2.45, 2.75) is 47.4 Å². The van der Waals surface area contributed by atoms with Gasteiger partial charge in [-0.1, -0.05) is 0 Å². The molecule has 0 aromatic carbocycles. The normalized spacial score (nSPS) is 31.1. The maximum Gasteiger partial charge on any atom is 0.378 e. The number of rotatable bonds is 1. The van der Waals surface area contributed by atoms with Gasteiger partial charge in [0.2, 0.25) is 23.5 Å². The first-order valence-electron chi connectivity index (χ1n) is 7.32. The first-order valence-corrected chi connectivity index (χ1v) is 7.98. The number of hydrogen-bond donors (Lipinski definition) is 2. The molecule has 196 valence electrons. The molecule has 21 heteroatoms. The fraction of sp³-hybridized carbons (Fsp3) is 0.833. The second-order valence-corrected chi connectivity index (χ2v) is 5.91. The Kier molecular flexibility index (Phi) is 10.5. The van der Waals surface area contributed by atoms with Gasteiger partial charge in [-0.05, 0) is 0 Å². The summed E-state index contributed by atoms with van der Waals surface area (Å²) in [5.74, 6) is -42.5. The van der Waals surface area contributed by atoms with Crippen molar-refractivity contribution in [1.29, 1.82) is 0 Å². The first kappa shape index (κ1) is 34.0. The molecule has 2 aliphatic carbocycles. The summed E-state index contributed by atoms with van der Waals surface area (Å²) in [6, 6.07) is 0. The van der Waals surface area contributed by atoms with Crippen molar-refractivity contribution in [3.8, 4) is 0 Å². The summed E-state index contributed by atoms with van der Waals surface area (Å²) in [6.07, 6.45) is -4.47. The molecule has 0 bridgehead atoms. The van der Waals surface area contributed by atoms with E-state index in [0.29, 0.717) is 6.87 Å². The van der Waals surface area contributed by atoms with Crippen LogP contribution >= 0.6 is 9.12 Å². The number of aliphatic hydroxyl groups excluding tert-OH is 2. The van der Waals surface area contributed by atoms with Gasteiger partial charge in [-0.25, -0.2) is 17.6 Å². The zero-order valence-electron chi connectivity index (χ0n) is 15.3. The SMILES string of the molecule is CO.FC1=C(F)C(F)(F)C(F)(F)C1(F)F.O=BP.OCC1(F)C(F)C(F)(F)C(F)(F)C1(F)F. The third-order valence-electron chi connectivity index (χ3n) is 3.82.